The fraction of sp³-hybridized carbons (Fsp3) is 0.467. The number of amides is 1. The van der Waals surface area contributed by atoms with E-state index in [1.165, 1.54) is 0 Å². The summed E-state index contributed by atoms with van der Waals surface area (Å²) in [5, 5.41) is 11.4. The van der Waals surface area contributed by atoms with E-state index in [2.05, 4.69) is 5.32 Å². The number of aliphatic carboxylic acids is 1. The Morgan fingerprint density at radius 3 is 2.65 bits per heavy atom. The molecular formula is C15H22N2O3. The Labute approximate surface area is 119 Å². The van der Waals surface area contributed by atoms with Gasteiger partial charge in [-0.05, 0) is 51.1 Å². The molecule has 0 fully saturated rings. The van der Waals surface area contributed by atoms with Crippen molar-refractivity contribution in [2.75, 3.05) is 25.5 Å². The van der Waals surface area contributed by atoms with Gasteiger partial charge in [-0.25, -0.2) is 0 Å². The third-order valence-electron chi connectivity index (χ3n) is 3.22. The standard InChI is InChI=1S/C15H22N2O3/c1-11-6-4-7-13(12(11)2)16-14(18)10-17(3)9-5-8-15(19)20/h4,6-7H,5,8-10H2,1-3H3,(H,16,18)(H,19,20). The van der Waals surface area contributed by atoms with E-state index in [9.17, 15) is 9.59 Å². The van der Waals surface area contributed by atoms with Gasteiger partial charge in [-0.15, -0.1) is 0 Å². The maximum atomic E-state index is 11.9. The predicted molar refractivity (Wildman–Crippen MR) is 78.9 cm³/mol. The van der Waals surface area contributed by atoms with Gasteiger partial charge < -0.3 is 10.4 Å². The summed E-state index contributed by atoms with van der Waals surface area (Å²) < 4.78 is 0. The fourth-order valence-electron chi connectivity index (χ4n) is 1.90. The van der Waals surface area contributed by atoms with Crippen LogP contribution in [0.25, 0.3) is 0 Å². The van der Waals surface area contributed by atoms with Gasteiger partial charge >= 0.3 is 5.97 Å². The van der Waals surface area contributed by atoms with Gasteiger partial charge in [0.1, 0.15) is 0 Å². The lowest BCUT2D eigenvalue weighted by Gasteiger charge is -2.16. The molecule has 0 unspecified atom stereocenters. The number of nitrogens with zero attached hydrogens (tertiary/aromatic N) is 1. The Balaban J connectivity index is 2.43. The van der Waals surface area contributed by atoms with Gasteiger partial charge in [-0.3, -0.25) is 14.5 Å². The van der Waals surface area contributed by atoms with E-state index in [-0.39, 0.29) is 18.9 Å². The van der Waals surface area contributed by atoms with E-state index in [1.807, 2.05) is 44.0 Å². The number of likely N-dealkylation sites (N-methyl/N-ethyl adjacent to an activating group) is 1. The Morgan fingerprint density at radius 1 is 1.30 bits per heavy atom. The average Bonchev–Trinajstić information content (AvgIpc) is 2.34. The number of aryl methyl sites for hydroxylation is 1. The Hall–Kier alpha value is -1.88. The number of anilines is 1. The summed E-state index contributed by atoms with van der Waals surface area (Å²) in [5.41, 5.74) is 3.03. The minimum Gasteiger partial charge on any atom is -0.481 e. The topological polar surface area (TPSA) is 69.6 Å². The van der Waals surface area contributed by atoms with Crippen molar-refractivity contribution >= 4 is 17.6 Å². The second-order valence-corrected chi connectivity index (χ2v) is 5.03. The first-order valence-corrected chi connectivity index (χ1v) is 6.66. The number of hydrogen-bond donors (Lipinski definition) is 2. The summed E-state index contributed by atoms with van der Waals surface area (Å²) >= 11 is 0. The maximum Gasteiger partial charge on any atom is 0.303 e. The van der Waals surface area contributed by atoms with Crippen molar-refractivity contribution in [3.63, 3.8) is 0 Å². The van der Waals surface area contributed by atoms with E-state index in [4.69, 9.17) is 5.11 Å². The summed E-state index contributed by atoms with van der Waals surface area (Å²) in [5.74, 6) is -0.894. The number of carboxylic acid groups (broad SMARTS) is 1. The lowest BCUT2D eigenvalue weighted by atomic mass is 10.1. The molecule has 0 bridgehead atoms. The second-order valence-electron chi connectivity index (χ2n) is 5.03. The molecule has 0 aromatic heterocycles. The lowest BCUT2D eigenvalue weighted by Crippen LogP contribution is -2.31. The molecule has 20 heavy (non-hydrogen) atoms. The van der Waals surface area contributed by atoms with Crippen molar-refractivity contribution < 1.29 is 14.7 Å². The van der Waals surface area contributed by atoms with Crippen LogP contribution < -0.4 is 5.32 Å². The first-order chi connectivity index (χ1) is 9.40. The summed E-state index contributed by atoms with van der Waals surface area (Å²) in [6.45, 7) is 4.82. The molecule has 5 nitrogen and oxygen atoms in total. The molecule has 1 amide bonds. The van der Waals surface area contributed by atoms with Crippen molar-refractivity contribution in [3.05, 3.63) is 29.3 Å². The monoisotopic (exact) mass is 278 g/mol. The number of benzene rings is 1. The SMILES string of the molecule is Cc1cccc(NC(=O)CN(C)CCCC(=O)O)c1C. The van der Waals surface area contributed by atoms with Gasteiger partial charge in [0.05, 0.1) is 6.54 Å². The quantitative estimate of drug-likeness (QED) is 0.800. The van der Waals surface area contributed by atoms with E-state index in [1.54, 1.807) is 0 Å². The van der Waals surface area contributed by atoms with Gasteiger partial charge in [0.25, 0.3) is 0 Å². The first-order valence-electron chi connectivity index (χ1n) is 6.66. The largest absolute Gasteiger partial charge is 0.481 e. The highest BCUT2D eigenvalue weighted by molar-refractivity contribution is 5.93. The zero-order valence-corrected chi connectivity index (χ0v) is 12.3. The molecule has 1 rings (SSSR count). The highest BCUT2D eigenvalue weighted by atomic mass is 16.4. The molecule has 0 heterocycles. The van der Waals surface area contributed by atoms with E-state index < -0.39 is 5.97 Å². The van der Waals surface area contributed by atoms with Gasteiger partial charge in [0, 0.05) is 12.1 Å². The molecule has 0 radical (unpaired) electrons. The zero-order chi connectivity index (χ0) is 15.1. The third kappa shape index (κ3) is 5.40. The molecule has 0 aliphatic rings. The van der Waals surface area contributed by atoms with Crippen LogP contribution in [0.5, 0.6) is 0 Å². The van der Waals surface area contributed by atoms with Crippen molar-refractivity contribution in [1.29, 1.82) is 0 Å². The van der Waals surface area contributed by atoms with E-state index in [0.717, 1.165) is 16.8 Å². The lowest BCUT2D eigenvalue weighted by molar-refractivity contribution is -0.137. The predicted octanol–water partition coefficient (Wildman–Crippen LogP) is 2.04. The van der Waals surface area contributed by atoms with Crippen LogP contribution in [0.4, 0.5) is 5.69 Å². The highest BCUT2D eigenvalue weighted by Crippen LogP contribution is 2.17. The van der Waals surface area contributed by atoms with Gasteiger partial charge in [-0.1, -0.05) is 12.1 Å². The van der Waals surface area contributed by atoms with Crippen LogP contribution in [0.15, 0.2) is 18.2 Å². The minimum absolute atomic E-state index is 0.0866. The molecule has 0 saturated heterocycles. The number of carbonyl (C=O) groups is 2. The highest BCUT2D eigenvalue weighted by Gasteiger charge is 2.09. The van der Waals surface area contributed by atoms with Crippen molar-refractivity contribution in [3.8, 4) is 0 Å². The molecular weight excluding hydrogens is 256 g/mol. The van der Waals surface area contributed by atoms with E-state index in [0.29, 0.717) is 13.0 Å². The molecule has 0 aliphatic heterocycles. The van der Waals surface area contributed by atoms with Crippen LogP contribution in [0, 0.1) is 13.8 Å². The third-order valence-corrected chi connectivity index (χ3v) is 3.22. The zero-order valence-electron chi connectivity index (χ0n) is 12.3. The number of carbonyl (C=O) groups excluding carboxylic acids is 1. The minimum atomic E-state index is -0.807. The molecule has 2 N–H and O–H groups in total. The van der Waals surface area contributed by atoms with Crippen molar-refractivity contribution in [2.24, 2.45) is 0 Å². The summed E-state index contributed by atoms with van der Waals surface area (Å²) in [7, 11) is 1.81. The van der Waals surface area contributed by atoms with E-state index >= 15 is 0 Å². The van der Waals surface area contributed by atoms with Crippen LogP contribution in [-0.2, 0) is 9.59 Å². The average molecular weight is 278 g/mol. The van der Waals surface area contributed by atoms with Crippen molar-refractivity contribution in [2.45, 2.75) is 26.7 Å². The first kappa shape index (κ1) is 16.2. The molecule has 1 aromatic rings. The number of nitrogens with one attached hydrogen (secondary N) is 1. The number of rotatable bonds is 7. The maximum absolute atomic E-state index is 11.9. The molecule has 0 saturated carbocycles. The summed E-state index contributed by atoms with van der Waals surface area (Å²) in [6.07, 6.45) is 0.672. The van der Waals surface area contributed by atoms with Crippen LogP contribution in [-0.4, -0.2) is 42.0 Å². The van der Waals surface area contributed by atoms with Gasteiger partial charge in [-0.2, -0.15) is 0 Å². The fourth-order valence-corrected chi connectivity index (χ4v) is 1.90. The second kappa shape index (κ2) is 7.65. The van der Waals surface area contributed by atoms with Crippen LogP contribution >= 0.6 is 0 Å². The summed E-state index contributed by atoms with van der Waals surface area (Å²) in [6, 6.07) is 5.79. The van der Waals surface area contributed by atoms with Gasteiger partial charge in [0.15, 0.2) is 0 Å². The Morgan fingerprint density at radius 2 is 2.00 bits per heavy atom. The van der Waals surface area contributed by atoms with Crippen LogP contribution in [0.1, 0.15) is 24.0 Å². The molecule has 5 heteroatoms. The molecule has 0 aliphatic carbocycles. The number of carboxylic acids is 1. The Bertz CT molecular complexity index is 486. The summed E-state index contributed by atoms with van der Waals surface area (Å²) in [4.78, 5) is 24.2. The number of hydrogen-bond acceptors (Lipinski definition) is 3. The van der Waals surface area contributed by atoms with Crippen LogP contribution in [0.3, 0.4) is 0 Å². The molecule has 110 valence electrons. The Kier molecular flexibility index (Phi) is 6.18. The van der Waals surface area contributed by atoms with Crippen molar-refractivity contribution in [1.82, 2.24) is 4.90 Å². The van der Waals surface area contributed by atoms with Gasteiger partial charge in [0.2, 0.25) is 5.91 Å². The van der Waals surface area contributed by atoms with Crippen LogP contribution in [0.2, 0.25) is 0 Å². The molecule has 0 atom stereocenters. The normalized spacial score (nSPS) is 10.6. The smallest absolute Gasteiger partial charge is 0.303 e. The molecule has 0 spiro atoms. The molecule has 1 aromatic carbocycles.